The summed E-state index contributed by atoms with van der Waals surface area (Å²) >= 11 is 1.45. The van der Waals surface area contributed by atoms with E-state index in [0.29, 0.717) is 18.8 Å². The van der Waals surface area contributed by atoms with Crippen molar-refractivity contribution in [1.82, 2.24) is 0 Å². The molecule has 0 amide bonds. The van der Waals surface area contributed by atoms with Gasteiger partial charge in [-0.2, -0.15) is 15.8 Å². The lowest BCUT2D eigenvalue weighted by Gasteiger charge is -2.52. The molecule has 3 aliphatic rings. The molecule has 144 valence electrons. The Labute approximate surface area is 168 Å². The number of hydrogen-bond donors (Lipinski definition) is 1. The van der Waals surface area contributed by atoms with E-state index in [2.05, 4.69) is 25.1 Å². The molecule has 1 aromatic heterocycles. The van der Waals surface area contributed by atoms with E-state index in [9.17, 15) is 15.8 Å². The van der Waals surface area contributed by atoms with Crippen LogP contribution in [0.5, 0.6) is 0 Å². The summed E-state index contributed by atoms with van der Waals surface area (Å²) in [5.41, 5.74) is -3.45. The molecule has 28 heavy (non-hydrogen) atoms. The fraction of sp³-hybridized carbons (Fsp3) is 0.619. The number of hydrogen-bond acceptors (Lipinski definition) is 7. The van der Waals surface area contributed by atoms with E-state index < -0.39 is 28.6 Å². The van der Waals surface area contributed by atoms with Gasteiger partial charge in [-0.15, -0.1) is 11.3 Å². The molecule has 1 saturated carbocycles. The summed E-state index contributed by atoms with van der Waals surface area (Å²) in [6.07, 6.45) is 3.22. The lowest BCUT2D eigenvalue weighted by Crippen LogP contribution is -2.61. The first-order valence-corrected chi connectivity index (χ1v) is 10.5. The average Bonchev–Trinajstić information content (AvgIpc) is 3.20. The van der Waals surface area contributed by atoms with E-state index >= 15 is 0 Å². The van der Waals surface area contributed by atoms with Crippen molar-refractivity contribution in [2.45, 2.75) is 57.8 Å². The molecule has 5 unspecified atom stereocenters. The van der Waals surface area contributed by atoms with Gasteiger partial charge in [0.2, 0.25) is 17.1 Å². The lowest BCUT2D eigenvalue weighted by molar-refractivity contribution is -0.298. The Hall–Kier alpha value is -2.40. The molecule has 1 aliphatic carbocycles. The van der Waals surface area contributed by atoms with Crippen molar-refractivity contribution in [3.05, 3.63) is 21.9 Å². The lowest BCUT2D eigenvalue weighted by atomic mass is 9.51. The van der Waals surface area contributed by atoms with Crippen LogP contribution < -0.4 is 0 Å². The number of nitrogens with zero attached hydrogens (tertiary/aromatic N) is 3. The standard InChI is InChI=1S/C21H22N4O2S/c1-3-4-14-7-8-21-16(9-14)20(12-24,18(25)27-21)19(10-22,11-23)17(26-21)15-6-5-13(2)28-15/h5-6,14,16-17,25H,3-4,7-9H2,1-2H3. The molecule has 4 rings (SSSR count). The number of rotatable bonds is 3. The Bertz CT molecular complexity index is 937. The summed E-state index contributed by atoms with van der Waals surface area (Å²) in [6, 6.07) is 10.3. The zero-order chi connectivity index (χ0) is 20.2. The molecule has 5 atom stereocenters. The predicted octanol–water partition coefficient (Wildman–Crippen LogP) is 4.59. The van der Waals surface area contributed by atoms with Crippen LogP contribution in [-0.4, -0.2) is 11.7 Å². The monoisotopic (exact) mass is 394 g/mol. The molecule has 0 spiro atoms. The summed E-state index contributed by atoms with van der Waals surface area (Å²) in [5, 5.41) is 39.4. The Morgan fingerprint density at radius 3 is 2.57 bits per heavy atom. The first kappa shape index (κ1) is 18.9. The highest BCUT2D eigenvalue weighted by Gasteiger charge is 2.81. The van der Waals surface area contributed by atoms with E-state index in [1.807, 2.05) is 19.1 Å². The molecule has 0 aromatic carbocycles. The summed E-state index contributed by atoms with van der Waals surface area (Å²) in [5.74, 6) is -1.49. The van der Waals surface area contributed by atoms with E-state index in [0.717, 1.165) is 29.0 Å². The fourth-order valence-corrected chi connectivity index (χ4v) is 6.41. The van der Waals surface area contributed by atoms with Crippen molar-refractivity contribution in [3.63, 3.8) is 0 Å². The van der Waals surface area contributed by atoms with Crippen LogP contribution in [0.2, 0.25) is 0 Å². The zero-order valence-electron chi connectivity index (χ0n) is 16.0. The van der Waals surface area contributed by atoms with Gasteiger partial charge in [-0.05, 0) is 37.8 Å². The molecule has 1 N–H and O–H groups in total. The number of aryl methyl sites for hydroxylation is 1. The van der Waals surface area contributed by atoms with E-state index in [1.165, 1.54) is 11.3 Å². The van der Waals surface area contributed by atoms with Crippen molar-refractivity contribution in [1.29, 1.82) is 21.2 Å². The normalized spacial score (nSPS) is 37.8. The van der Waals surface area contributed by atoms with Crippen molar-refractivity contribution in [2.75, 3.05) is 0 Å². The zero-order valence-corrected chi connectivity index (χ0v) is 16.8. The molecular formula is C21H22N4O2S. The maximum atomic E-state index is 10.3. The Morgan fingerprint density at radius 1 is 1.25 bits per heavy atom. The minimum absolute atomic E-state index is 0.281. The van der Waals surface area contributed by atoms with Crippen LogP contribution in [0.3, 0.4) is 0 Å². The van der Waals surface area contributed by atoms with Gasteiger partial charge >= 0.3 is 0 Å². The third-order valence-corrected chi connectivity index (χ3v) is 7.78. The van der Waals surface area contributed by atoms with E-state index in [1.54, 1.807) is 0 Å². The number of nitriles is 3. The summed E-state index contributed by atoms with van der Waals surface area (Å²) in [6.45, 7) is 4.07. The van der Waals surface area contributed by atoms with Crippen LogP contribution in [-0.2, 0) is 9.47 Å². The summed E-state index contributed by atoms with van der Waals surface area (Å²) in [4.78, 5) is 1.76. The van der Waals surface area contributed by atoms with Crippen LogP contribution in [0.1, 0.15) is 54.9 Å². The van der Waals surface area contributed by atoms with Crippen molar-refractivity contribution < 1.29 is 9.47 Å². The highest BCUT2D eigenvalue weighted by atomic mass is 32.1. The third kappa shape index (κ3) is 2.11. The molecule has 3 fully saturated rings. The average molecular weight is 395 g/mol. The molecule has 0 radical (unpaired) electrons. The van der Waals surface area contributed by atoms with Crippen molar-refractivity contribution in [2.24, 2.45) is 22.7 Å². The Balaban J connectivity index is 1.92. The highest BCUT2D eigenvalue weighted by Crippen LogP contribution is 2.70. The van der Waals surface area contributed by atoms with Gasteiger partial charge in [-0.25, -0.2) is 0 Å². The van der Waals surface area contributed by atoms with Gasteiger partial charge in [-0.3, -0.25) is 5.41 Å². The van der Waals surface area contributed by atoms with Gasteiger partial charge in [0.25, 0.3) is 0 Å². The molecule has 2 saturated heterocycles. The second kappa shape index (κ2) is 6.31. The van der Waals surface area contributed by atoms with E-state index in [-0.39, 0.29) is 5.90 Å². The van der Waals surface area contributed by atoms with Crippen LogP contribution in [0, 0.1) is 69.0 Å². The molecule has 2 bridgehead atoms. The number of thiophene rings is 1. The van der Waals surface area contributed by atoms with Gasteiger partial charge in [0.1, 0.15) is 6.10 Å². The van der Waals surface area contributed by atoms with Crippen LogP contribution >= 0.6 is 11.3 Å². The first-order valence-electron chi connectivity index (χ1n) is 9.69. The summed E-state index contributed by atoms with van der Waals surface area (Å²) < 4.78 is 12.4. The number of ether oxygens (including phenoxy) is 2. The molecule has 2 aliphatic heterocycles. The first-order chi connectivity index (χ1) is 13.4. The number of nitrogens with one attached hydrogen (secondary N) is 1. The molecular weight excluding hydrogens is 372 g/mol. The van der Waals surface area contributed by atoms with Crippen molar-refractivity contribution >= 4 is 17.2 Å². The van der Waals surface area contributed by atoms with Gasteiger partial charge < -0.3 is 9.47 Å². The quantitative estimate of drug-likeness (QED) is 0.805. The summed E-state index contributed by atoms with van der Waals surface area (Å²) in [7, 11) is 0. The Kier molecular flexibility index (Phi) is 4.27. The minimum atomic E-state index is -1.82. The van der Waals surface area contributed by atoms with Gasteiger partial charge in [0, 0.05) is 16.2 Å². The maximum Gasteiger partial charge on any atom is 0.217 e. The van der Waals surface area contributed by atoms with Gasteiger partial charge in [-0.1, -0.05) is 19.8 Å². The maximum absolute atomic E-state index is 10.3. The Morgan fingerprint density at radius 2 is 2.00 bits per heavy atom. The molecule has 3 heterocycles. The second-order valence-corrected chi connectivity index (χ2v) is 9.44. The second-order valence-electron chi connectivity index (χ2n) is 8.12. The SMILES string of the molecule is CCCC1CCC23OC(=N)C(C#N)(C2C1)C(C#N)(C#N)C(c1ccc(C)s1)O3. The molecule has 1 aromatic rings. The van der Waals surface area contributed by atoms with Gasteiger partial charge in [0.05, 0.1) is 24.1 Å². The van der Waals surface area contributed by atoms with Crippen LogP contribution in [0.25, 0.3) is 0 Å². The fourth-order valence-electron chi connectivity index (χ4n) is 5.44. The van der Waals surface area contributed by atoms with Crippen LogP contribution in [0.4, 0.5) is 0 Å². The molecule has 6 nitrogen and oxygen atoms in total. The van der Waals surface area contributed by atoms with Gasteiger partial charge in [0.15, 0.2) is 5.41 Å². The third-order valence-electron chi connectivity index (χ3n) is 6.73. The van der Waals surface area contributed by atoms with Crippen molar-refractivity contribution in [3.8, 4) is 18.2 Å². The largest absolute Gasteiger partial charge is 0.447 e. The topological polar surface area (TPSA) is 114 Å². The predicted molar refractivity (Wildman–Crippen MR) is 102 cm³/mol. The minimum Gasteiger partial charge on any atom is -0.447 e. The van der Waals surface area contributed by atoms with E-state index in [4.69, 9.17) is 14.9 Å². The smallest absolute Gasteiger partial charge is 0.217 e. The molecule has 7 heteroatoms. The highest BCUT2D eigenvalue weighted by molar-refractivity contribution is 7.12. The van der Waals surface area contributed by atoms with Crippen LogP contribution in [0.15, 0.2) is 12.1 Å².